The van der Waals surface area contributed by atoms with E-state index in [0.717, 1.165) is 12.8 Å². The molecular weight excluding hydrogens is 243 g/mol. The molecule has 2 nitrogen and oxygen atoms in total. The van der Waals surface area contributed by atoms with E-state index < -0.39 is 0 Å². The summed E-state index contributed by atoms with van der Waals surface area (Å²) in [6.45, 7) is 0. The van der Waals surface area contributed by atoms with E-state index in [-0.39, 0.29) is 24.8 Å². The van der Waals surface area contributed by atoms with Crippen LogP contribution in [0.5, 0.6) is 0 Å². The summed E-state index contributed by atoms with van der Waals surface area (Å²) in [6.07, 6.45) is 9.46. The van der Waals surface area contributed by atoms with E-state index in [1.807, 2.05) is 24.8 Å². The second-order valence-electron chi connectivity index (χ2n) is 3.21. The monoisotopic (exact) mass is 256 g/mol. The summed E-state index contributed by atoms with van der Waals surface area (Å²) in [5, 5.41) is 0. The molecule has 0 saturated heterocycles. The number of halogens is 2. The average Bonchev–Trinajstić information content (AvgIpc) is 2.29. The fraction of sp³-hybridized carbons (Fsp3) is 0.167. The molecule has 16 heavy (non-hydrogen) atoms. The maximum atomic E-state index is 3.99. The van der Waals surface area contributed by atoms with Crippen molar-refractivity contribution in [3.8, 4) is 0 Å². The van der Waals surface area contributed by atoms with Crippen molar-refractivity contribution in [2.24, 2.45) is 0 Å². The van der Waals surface area contributed by atoms with Crippen LogP contribution in [0.1, 0.15) is 11.1 Å². The van der Waals surface area contributed by atoms with Crippen LogP contribution in [-0.4, -0.2) is 9.97 Å². The largest absolute Gasteiger partial charge is 0.265 e. The predicted molar refractivity (Wildman–Crippen MR) is 70.4 cm³/mol. The van der Waals surface area contributed by atoms with Crippen molar-refractivity contribution in [2.45, 2.75) is 12.8 Å². The minimum Gasteiger partial charge on any atom is -0.265 e. The molecule has 0 N–H and O–H groups in total. The van der Waals surface area contributed by atoms with Gasteiger partial charge in [-0.1, -0.05) is 0 Å². The standard InChI is InChI=1S/C12H12N2.2ClH/c1(11-3-7-13-8-4-11)2-12-5-9-14-10-6-12;;/h3-10H,1-2H2;2*1H. The fourth-order valence-electron chi connectivity index (χ4n) is 1.39. The Balaban J connectivity index is 0.00000112. The number of rotatable bonds is 3. The van der Waals surface area contributed by atoms with Gasteiger partial charge < -0.3 is 0 Å². The van der Waals surface area contributed by atoms with Crippen LogP contribution < -0.4 is 0 Å². The zero-order valence-corrected chi connectivity index (χ0v) is 10.4. The molecular formula is C12H14Cl2N2. The molecule has 2 aromatic rings. The number of pyridine rings is 2. The normalized spacial score (nSPS) is 8.75. The lowest BCUT2D eigenvalue weighted by molar-refractivity contribution is 0.951. The number of hydrogen-bond donors (Lipinski definition) is 0. The smallest absolute Gasteiger partial charge is 0.0270 e. The highest BCUT2D eigenvalue weighted by molar-refractivity contribution is 5.85. The van der Waals surface area contributed by atoms with Crippen LogP contribution in [0.4, 0.5) is 0 Å². The highest BCUT2D eigenvalue weighted by Crippen LogP contribution is 2.04. The highest BCUT2D eigenvalue weighted by atomic mass is 35.5. The third kappa shape index (κ3) is 4.60. The second-order valence-corrected chi connectivity index (χ2v) is 3.21. The Labute approximate surface area is 108 Å². The number of nitrogens with zero attached hydrogens (tertiary/aromatic N) is 2. The number of aromatic nitrogens is 2. The van der Waals surface area contributed by atoms with E-state index in [1.165, 1.54) is 11.1 Å². The molecule has 0 bridgehead atoms. The Kier molecular flexibility index (Phi) is 7.52. The van der Waals surface area contributed by atoms with Crippen LogP contribution in [-0.2, 0) is 12.8 Å². The van der Waals surface area contributed by atoms with Crippen LogP contribution in [0.2, 0.25) is 0 Å². The van der Waals surface area contributed by atoms with E-state index in [2.05, 4.69) is 34.2 Å². The molecule has 4 heteroatoms. The third-order valence-corrected chi connectivity index (χ3v) is 2.20. The van der Waals surface area contributed by atoms with E-state index in [9.17, 15) is 0 Å². The molecule has 0 amide bonds. The van der Waals surface area contributed by atoms with Crippen LogP contribution in [0, 0.1) is 0 Å². The van der Waals surface area contributed by atoms with E-state index in [1.54, 1.807) is 0 Å². The van der Waals surface area contributed by atoms with Gasteiger partial charge in [0.05, 0.1) is 0 Å². The summed E-state index contributed by atoms with van der Waals surface area (Å²) >= 11 is 0. The lowest BCUT2D eigenvalue weighted by atomic mass is 10.1. The van der Waals surface area contributed by atoms with Gasteiger partial charge in [0.2, 0.25) is 0 Å². The van der Waals surface area contributed by atoms with Gasteiger partial charge in [0.1, 0.15) is 0 Å². The van der Waals surface area contributed by atoms with Gasteiger partial charge in [0.15, 0.2) is 0 Å². The first-order valence-electron chi connectivity index (χ1n) is 4.73. The zero-order valence-electron chi connectivity index (χ0n) is 8.74. The van der Waals surface area contributed by atoms with Crippen molar-refractivity contribution in [3.05, 3.63) is 60.2 Å². The molecule has 0 spiro atoms. The van der Waals surface area contributed by atoms with Crippen molar-refractivity contribution in [1.82, 2.24) is 9.97 Å². The van der Waals surface area contributed by atoms with Gasteiger partial charge >= 0.3 is 0 Å². The summed E-state index contributed by atoms with van der Waals surface area (Å²) in [6, 6.07) is 8.23. The summed E-state index contributed by atoms with van der Waals surface area (Å²) in [7, 11) is 0. The van der Waals surface area contributed by atoms with Gasteiger partial charge in [-0.2, -0.15) is 0 Å². The molecule has 0 unspecified atom stereocenters. The summed E-state index contributed by atoms with van der Waals surface area (Å²) in [5.41, 5.74) is 2.66. The van der Waals surface area contributed by atoms with Gasteiger partial charge in [-0.05, 0) is 48.2 Å². The second kappa shape index (κ2) is 8.08. The Hall–Kier alpha value is -1.12. The first-order valence-corrected chi connectivity index (χ1v) is 4.73. The minimum atomic E-state index is 0. The molecule has 0 saturated carbocycles. The number of hydrogen-bond acceptors (Lipinski definition) is 2. The first kappa shape index (κ1) is 14.9. The van der Waals surface area contributed by atoms with Gasteiger partial charge in [0, 0.05) is 24.8 Å². The zero-order chi connectivity index (χ0) is 9.64. The SMILES string of the molecule is Cl.Cl.c1cc(CCc2ccncc2)ccn1. The summed E-state index contributed by atoms with van der Waals surface area (Å²) in [4.78, 5) is 7.98. The van der Waals surface area contributed by atoms with Crippen molar-refractivity contribution in [1.29, 1.82) is 0 Å². The van der Waals surface area contributed by atoms with Crippen LogP contribution in [0.25, 0.3) is 0 Å². The van der Waals surface area contributed by atoms with Crippen molar-refractivity contribution < 1.29 is 0 Å². The molecule has 2 heterocycles. The van der Waals surface area contributed by atoms with Crippen LogP contribution in [0.3, 0.4) is 0 Å². The Morgan fingerprint density at radius 3 is 1.25 bits per heavy atom. The third-order valence-electron chi connectivity index (χ3n) is 2.20. The summed E-state index contributed by atoms with van der Waals surface area (Å²) in [5.74, 6) is 0. The molecule has 2 aromatic heterocycles. The maximum Gasteiger partial charge on any atom is 0.0270 e. The van der Waals surface area contributed by atoms with Crippen molar-refractivity contribution in [2.75, 3.05) is 0 Å². The Morgan fingerprint density at radius 1 is 0.625 bits per heavy atom. The molecule has 0 fully saturated rings. The molecule has 0 atom stereocenters. The Morgan fingerprint density at radius 2 is 0.938 bits per heavy atom. The van der Waals surface area contributed by atoms with E-state index in [0.29, 0.717) is 0 Å². The molecule has 86 valence electrons. The highest BCUT2D eigenvalue weighted by Gasteiger charge is 1.93. The topological polar surface area (TPSA) is 25.8 Å². The fourth-order valence-corrected chi connectivity index (χ4v) is 1.39. The number of aryl methyl sites for hydroxylation is 2. The maximum absolute atomic E-state index is 3.99. The van der Waals surface area contributed by atoms with Gasteiger partial charge in [0.25, 0.3) is 0 Å². The van der Waals surface area contributed by atoms with Gasteiger partial charge in [-0.15, -0.1) is 24.8 Å². The van der Waals surface area contributed by atoms with Crippen molar-refractivity contribution >= 4 is 24.8 Å². The molecule has 0 aliphatic heterocycles. The lowest BCUT2D eigenvalue weighted by Crippen LogP contribution is -1.91. The molecule has 2 rings (SSSR count). The predicted octanol–water partition coefficient (Wildman–Crippen LogP) is 3.11. The molecule has 0 aromatic carbocycles. The quantitative estimate of drug-likeness (QED) is 0.844. The molecule has 0 radical (unpaired) electrons. The van der Waals surface area contributed by atoms with Gasteiger partial charge in [-0.3, -0.25) is 9.97 Å². The lowest BCUT2D eigenvalue weighted by Gasteiger charge is -2.00. The molecule has 0 aliphatic rings. The summed E-state index contributed by atoms with van der Waals surface area (Å²) < 4.78 is 0. The van der Waals surface area contributed by atoms with Crippen LogP contribution in [0.15, 0.2) is 49.1 Å². The van der Waals surface area contributed by atoms with E-state index in [4.69, 9.17) is 0 Å². The minimum absolute atomic E-state index is 0. The van der Waals surface area contributed by atoms with Gasteiger partial charge in [-0.25, -0.2) is 0 Å². The Bertz CT molecular complexity index is 339. The average molecular weight is 257 g/mol. The van der Waals surface area contributed by atoms with Crippen LogP contribution >= 0.6 is 24.8 Å². The van der Waals surface area contributed by atoms with E-state index >= 15 is 0 Å². The van der Waals surface area contributed by atoms with Crippen molar-refractivity contribution in [3.63, 3.8) is 0 Å². The first-order chi connectivity index (χ1) is 6.95. The molecule has 0 aliphatic carbocycles.